The summed E-state index contributed by atoms with van der Waals surface area (Å²) in [6.07, 6.45) is 0. The third-order valence-electron chi connectivity index (χ3n) is 3.76. The van der Waals surface area contributed by atoms with Crippen molar-refractivity contribution in [2.24, 2.45) is 0 Å². The number of hydrogen-bond donors (Lipinski definition) is 2. The average Bonchev–Trinajstić information content (AvgIpc) is 3.02. The molecule has 1 heterocycles. The van der Waals surface area contributed by atoms with Crippen molar-refractivity contribution < 1.29 is 17.9 Å². The van der Waals surface area contributed by atoms with Gasteiger partial charge >= 0.3 is 0 Å². The Hall–Kier alpha value is -2.33. The lowest BCUT2D eigenvalue weighted by molar-refractivity contribution is 0.102. The van der Waals surface area contributed by atoms with Gasteiger partial charge in [-0.2, -0.15) is 0 Å². The van der Waals surface area contributed by atoms with Crippen LogP contribution in [0.15, 0.2) is 47.4 Å². The van der Waals surface area contributed by atoms with Crippen molar-refractivity contribution in [3.8, 4) is 5.75 Å². The molecule has 2 N–H and O–H groups in total. The molecule has 2 aromatic carbocycles. The SMILES string of the molecule is COc1ccc(Cl)cc1NC(=O)c1sc(NS(=O)(=O)c2ccc(Cl)cc2)nc1C. The molecule has 0 aliphatic rings. The van der Waals surface area contributed by atoms with E-state index in [4.69, 9.17) is 27.9 Å². The number of rotatable bonds is 6. The van der Waals surface area contributed by atoms with Gasteiger partial charge in [0.25, 0.3) is 15.9 Å². The molecule has 29 heavy (non-hydrogen) atoms. The number of aromatic nitrogens is 1. The van der Waals surface area contributed by atoms with Gasteiger partial charge in [-0.05, 0) is 49.4 Å². The summed E-state index contributed by atoms with van der Waals surface area (Å²) in [6.45, 7) is 1.61. The molecule has 3 aromatic rings. The highest BCUT2D eigenvalue weighted by Gasteiger charge is 2.21. The van der Waals surface area contributed by atoms with E-state index in [2.05, 4.69) is 15.0 Å². The van der Waals surface area contributed by atoms with Gasteiger partial charge in [0, 0.05) is 10.0 Å². The van der Waals surface area contributed by atoms with Crippen molar-refractivity contribution in [1.82, 2.24) is 4.98 Å². The van der Waals surface area contributed by atoms with Gasteiger partial charge in [-0.25, -0.2) is 13.4 Å². The number of aryl methyl sites for hydroxylation is 1. The Morgan fingerprint density at radius 1 is 1.10 bits per heavy atom. The Kier molecular flexibility index (Phi) is 6.33. The molecule has 0 aliphatic carbocycles. The van der Waals surface area contributed by atoms with E-state index in [1.807, 2.05) is 0 Å². The van der Waals surface area contributed by atoms with Gasteiger partial charge in [-0.1, -0.05) is 34.5 Å². The topological polar surface area (TPSA) is 97.4 Å². The molecule has 152 valence electrons. The molecule has 0 aliphatic heterocycles. The van der Waals surface area contributed by atoms with Crippen LogP contribution < -0.4 is 14.8 Å². The van der Waals surface area contributed by atoms with E-state index in [0.29, 0.717) is 27.2 Å². The number of sulfonamides is 1. The zero-order valence-corrected chi connectivity index (χ0v) is 18.3. The summed E-state index contributed by atoms with van der Waals surface area (Å²) >= 11 is 12.7. The van der Waals surface area contributed by atoms with Gasteiger partial charge < -0.3 is 10.1 Å². The fourth-order valence-electron chi connectivity index (χ4n) is 2.40. The van der Waals surface area contributed by atoms with E-state index >= 15 is 0 Å². The van der Waals surface area contributed by atoms with Gasteiger partial charge in [0.15, 0.2) is 5.13 Å². The fourth-order valence-corrected chi connectivity index (χ4v) is 4.79. The van der Waals surface area contributed by atoms with E-state index in [0.717, 1.165) is 11.3 Å². The highest BCUT2D eigenvalue weighted by Crippen LogP contribution is 2.30. The maximum atomic E-state index is 12.7. The first-order valence-electron chi connectivity index (χ1n) is 8.10. The van der Waals surface area contributed by atoms with Crippen molar-refractivity contribution in [3.05, 3.63) is 63.1 Å². The summed E-state index contributed by atoms with van der Waals surface area (Å²) in [5.74, 6) is -0.0221. The standard InChI is InChI=1S/C18H15Cl2N3O4S2/c1-10-16(17(24)22-14-9-12(20)5-8-15(14)27-2)28-18(21-10)23-29(25,26)13-6-3-11(19)4-7-13/h3-9H,1-2H3,(H,21,23)(H,22,24). The quantitative estimate of drug-likeness (QED) is 0.536. The molecule has 0 unspecified atom stereocenters. The zero-order valence-electron chi connectivity index (χ0n) is 15.2. The van der Waals surface area contributed by atoms with Crippen LogP contribution in [-0.4, -0.2) is 26.4 Å². The molecule has 0 saturated carbocycles. The number of hydrogen-bond acceptors (Lipinski definition) is 6. The van der Waals surface area contributed by atoms with Crippen molar-refractivity contribution in [1.29, 1.82) is 0 Å². The number of benzene rings is 2. The second-order valence-electron chi connectivity index (χ2n) is 5.79. The summed E-state index contributed by atoms with van der Waals surface area (Å²) in [4.78, 5) is 17.1. The molecule has 0 saturated heterocycles. The number of carbonyl (C=O) groups excluding carboxylic acids is 1. The van der Waals surface area contributed by atoms with E-state index in [1.54, 1.807) is 25.1 Å². The third-order valence-corrected chi connectivity index (χ3v) is 6.80. The van der Waals surface area contributed by atoms with Gasteiger partial charge in [0.1, 0.15) is 10.6 Å². The monoisotopic (exact) mass is 471 g/mol. The molecule has 0 fully saturated rings. The van der Waals surface area contributed by atoms with Crippen molar-refractivity contribution >= 4 is 61.3 Å². The molecule has 1 amide bonds. The normalized spacial score (nSPS) is 11.2. The van der Waals surface area contributed by atoms with Crippen LogP contribution in [-0.2, 0) is 10.0 Å². The molecule has 11 heteroatoms. The van der Waals surface area contributed by atoms with E-state index in [-0.39, 0.29) is 14.9 Å². The van der Waals surface area contributed by atoms with Crippen LogP contribution in [0, 0.1) is 6.92 Å². The summed E-state index contributed by atoms with van der Waals surface area (Å²) < 4.78 is 32.6. The van der Waals surface area contributed by atoms with Gasteiger partial charge in [0.2, 0.25) is 0 Å². The maximum Gasteiger partial charge on any atom is 0.267 e. The maximum absolute atomic E-state index is 12.7. The van der Waals surface area contributed by atoms with Gasteiger partial charge in [-0.3, -0.25) is 9.52 Å². The molecule has 7 nitrogen and oxygen atoms in total. The lowest BCUT2D eigenvalue weighted by Gasteiger charge is -2.10. The summed E-state index contributed by atoms with van der Waals surface area (Å²) in [5, 5.41) is 3.62. The average molecular weight is 472 g/mol. The van der Waals surface area contributed by atoms with Gasteiger partial charge in [0.05, 0.1) is 23.4 Å². The highest BCUT2D eigenvalue weighted by atomic mass is 35.5. The van der Waals surface area contributed by atoms with Crippen LogP contribution in [0.1, 0.15) is 15.4 Å². The summed E-state index contributed by atoms with van der Waals surface area (Å²) in [7, 11) is -2.39. The molecule has 3 rings (SSSR count). The highest BCUT2D eigenvalue weighted by molar-refractivity contribution is 7.93. The number of anilines is 2. The fraction of sp³-hybridized carbons (Fsp3) is 0.111. The predicted octanol–water partition coefficient (Wildman–Crippen LogP) is 4.82. The molecular weight excluding hydrogens is 457 g/mol. The number of halogens is 2. The number of nitrogens with one attached hydrogen (secondary N) is 2. The van der Waals surface area contributed by atoms with E-state index in [9.17, 15) is 13.2 Å². The first kappa shape index (κ1) is 21.4. The van der Waals surface area contributed by atoms with E-state index < -0.39 is 15.9 Å². The number of thiazole rings is 1. The van der Waals surface area contributed by atoms with Crippen molar-refractivity contribution in [2.45, 2.75) is 11.8 Å². The Morgan fingerprint density at radius 2 is 1.76 bits per heavy atom. The zero-order chi connectivity index (χ0) is 21.2. The van der Waals surface area contributed by atoms with E-state index in [1.165, 1.54) is 31.4 Å². The number of ether oxygens (including phenoxy) is 1. The molecule has 0 atom stereocenters. The van der Waals surface area contributed by atoms with Crippen molar-refractivity contribution in [2.75, 3.05) is 17.1 Å². The molecule has 0 radical (unpaired) electrons. The number of carbonyl (C=O) groups is 1. The largest absolute Gasteiger partial charge is 0.495 e. The third kappa shape index (κ3) is 4.99. The second-order valence-corrected chi connectivity index (χ2v) is 9.35. The molecule has 0 spiro atoms. The van der Waals surface area contributed by atoms with Crippen LogP contribution in [0.25, 0.3) is 0 Å². The number of amides is 1. The Morgan fingerprint density at radius 3 is 2.41 bits per heavy atom. The first-order chi connectivity index (χ1) is 13.7. The van der Waals surface area contributed by atoms with Crippen LogP contribution in [0.4, 0.5) is 10.8 Å². The van der Waals surface area contributed by atoms with Crippen molar-refractivity contribution in [3.63, 3.8) is 0 Å². The second kappa shape index (κ2) is 8.58. The minimum Gasteiger partial charge on any atom is -0.495 e. The molecular formula is C18H15Cl2N3O4S2. The van der Waals surface area contributed by atoms with Crippen LogP contribution in [0.3, 0.4) is 0 Å². The Balaban J connectivity index is 1.82. The number of methoxy groups -OCH3 is 1. The van der Waals surface area contributed by atoms with Crippen LogP contribution >= 0.6 is 34.5 Å². The van der Waals surface area contributed by atoms with Crippen LogP contribution in [0.2, 0.25) is 10.0 Å². The summed E-state index contributed by atoms with van der Waals surface area (Å²) in [5.41, 5.74) is 0.767. The number of nitrogens with zero attached hydrogens (tertiary/aromatic N) is 1. The molecule has 0 bridgehead atoms. The summed E-state index contributed by atoms with van der Waals surface area (Å²) in [6, 6.07) is 10.5. The van der Waals surface area contributed by atoms with Crippen LogP contribution in [0.5, 0.6) is 5.75 Å². The Labute approximate surface area is 181 Å². The Bertz CT molecular complexity index is 1160. The smallest absolute Gasteiger partial charge is 0.267 e. The lowest BCUT2D eigenvalue weighted by atomic mass is 10.2. The first-order valence-corrected chi connectivity index (χ1v) is 11.2. The van der Waals surface area contributed by atoms with Gasteiger partial charge in [-0.15, -0.1) is 0 Å². The predicted molar refractivity (Wildman–Crippen MR) is 115 cm³/mol. The molecule has 1 aromatic heterocycles. The minimum absolute atomic E-state index is 0.0319. The lowest BCUT2D eigenvalue weighted by Crippen LogP contribution is -2.12. The minimum atomic E-state index is -3.86.